The van der Waals surface area contributed by atoms with Crippen LogP contribution in [0.5, 0.6) is 5.75 Å². The third kappa shape index (κ3) is 6.13. The number of amides is 1. The van der Waals surface area contributed by atoms with E-state index < -0.39 is 0 Å². The standard InChI is InChI=1S/C23H32N6O2S/c1-28-8-10-29(11-9-28)20-15-26-23(13-21(20)31-16-18-5-3-7-25-18)32-19-6-2-4-17(12-19)27-22(30)14-24/h2,4,6,12-13,15,18,25H,3,5,7-11,14,16,24H2,1H3,(H,27,30). The van der Waals surface area contributed by atoms with Gasteiger partial charge in [0.25, 0.3) is 0 Å². The Morgan fingerprint density at radius 2 is 2.16 bits per heavy atom. The van der Waals surface area contributed by atoms with Gasteiger partial charge in [0.15, 0.2) is 0 Å². The van der Waals surface area contributed by atoms with Gasteiger partial charge in [0.2, 0.25) is 5.91 Å². The van der Waals surface area contributed by atoms with E-state index in [0.717, 1.165) is 66.2 Å². The van der Waals surface area contributed by atoms with E-state index in [-0.39, 0.29) is 12.5 Å². The van der Waals surface area contributed by atoms with Gasteiger partial charge in [-0.3, -0.25) is 4.79 Å². The number of likely N-dealkylation sites (N-methyl/N-ethyl adjacent to an activating group) is 1. The minimum atomic E-state index is -0.210. The molecule has 0 saturated carbocycles. The van der Waals surface area contributed by atoms with Crippen LogP contribution in [0.1, 0.15) is 12.8 Å². The fourth-order valence-corrected chi connectivity index (χ4v) is 4.77. The van der Waals surface area contributed by atoms with Crippen LogP contribution in [-0.2, 0) is 4.79 Å². The second kappa shape index (κ2) is 11.0. The molecule has 2 aromatic rings. The number of piperazine rings is 1. The Balaban J connectivity index is 1.51. The van der Waals surface area contributed by atoms with Crippen LogP contribution < -0.4 is 26.0 Å². The molecule has 0 aliphatic carbocycles. The van der Waals surface area contributed by atoms with E-state index in [1.165, 1.54) is 6.42 Å². The number of nitrogens with two attached hydrogens (primary N) is 1. The summed E-state index contributed by atoms with van der Waals surface area (Å²) in [4.78, 5) is 22.0. The summed E-state index contributed by atoms with van der Waals surface area (Å²) >= 11 is 1.55. The highest BCUT2D eigenvalue weighted by atomic mass is 32.2. The second-order valence-corrected chi connectivity index (χ2v) is 9.36. The summed E-state index contributed by atoms with van der Waals surface area (Å²) in [7, 11) is 2.16. The van der Waals surface area contributed by atoms with Gasteiger partial charge >= 0.3 is 0 Å². The van der Waals surface area contributed by atoms with Gasteiger partial charge in [-0.25, -0.2) is 4.98 Å². The number of nitrogens with one attached hydrogen (secondary N) is 2. The lowest BCUT2D eigenvalue weighted by Crippen LogP contribution is -2.44. The molecule has 4 N–H and O–H groups in total. The number of hydrogen-bond acceptors (Lipinski definition) is 8. The van der Waals surface area contributed by atoms with Crippen LogP contribution in [0.2, 0.25) is 0 Å². The molecule has 0 radical (unpaired) electrons. The number of ether oxygens (including phenoxy) is 1. The first kappa shape index (κ1) is 22.8. The Labute approximate surface area is 193 Å². The van der Waals surface area contributed by atoms with Crippen molar-refractivity contribution in [1.82, 2.24) is 15.2 Å². The number of carbonyl (C=O) groups excluding carboxylic acids is 1. The third-order valence-corrected chi connectivity index (χ3v) is 6.72. The minimum absolute atomic E-state index is 0.0385. The van der Waals surface area contributed by atoms with E-state index in [1.807, 2.05) is 36.5 Å². The quantitative estimate of drug-likeness (QED) is 0.555. The number of benzene rings is 1. The summed E-state index contributed by atoms with van der Waals surface area (Å²) < 4.78 is 6.33. The molecule has 4 rings (SSSR count). The maximum Gasteiger partial charge on any atom is 0.238 e. The molecule has 2 aliphatic heterocycles. The molecule has 2 saturated heterocycles. The van der Waals surface area contributed by atoms with Crippen LogP contribution >= 0.6 is 11.8 Å². The van der Waals surface area contributed by atoms with Crippen LogP contribution in [0.25, 0.3) is 0 Å². The van der Waals surface area contributed by atoms with E-state index in [9.17, 15) is 4.79 Å². The molecular formula is C23H32N6O2S. The van der Waals surface area contributed by atoms with Crippen molar-refractivity contribution in [3.8, 4) is 5.75 Å². The van der Waals surface area contributed by atoms with Gasteiger partial charge < -0.3 is 30.9 Å². The lowest BCUT2D eigenvalue weighted by molar-refractivity contribution is -0.114. The summed E-state index contributed by atoms with van der Waals surface area (Å²) in [5, 5.41) is 7.16. The van der Waals surface area contributed by atoms with Crippen molar-refractivity contribution in [2.24, 2.45) is 5.73 Å². The number of hydrogen-bond donors (Lipinski definition) is 3. The maximum absolute atomic E-state index is 11.6. The number of carbonyl (C=O) groups is 1. The van der Waals surface area contributed by atoms with Gasteiger partial charge in [0, 0.05) is 48.9 Å². The second-order valence-electron chi connectivity index (χ2n) is 8.27. The smallest absolute Gasteiger partial charge is 0.238 e. The van der Waals surface area contributed by atoms with Gasteiger partial charge in [0.1, 0.15) is 17.4 Å². The van der Waals surface area contributed by atoms with Gasteiger partial charge in [0.05, 0.1) is 18.4 Å². The molecule has 172 valence electrons. The van der Waals surface area contributed by atoms with Crippen molar-refractivity contribution >= 4 is 29.0 Å². The third-order valence-electron chi connectivity index (χ3n) is 5.79. The Kier molecular flexibility index (Phi) is 7.85. The molecule has 2 aliphatic rings. The maximum atomic E-state index is 11.6. The SMILES string of the molecule is CN1CCN(c2cnc(Sc3cccc(NC(=O)CN)c3)cc2OCC2CCCN2)CC1. The van der Waals surface area contributed by atoms with Crippen LogP contribution in [0.4, 0.5) is 11.4 Å². The van der Waals surface area contributed by atoms with Crippen LogP contribution in [0.15, 0.2) is 46.5 Å². The number of rotatable bonds is 8. The van der Waals surface area contributed by atoms with Crippen molar-refractivity contribution in [3.05, 3.63) is 36.5 Å². The van der Waals surface area contributed by atoms with E-state index >= 15 is 0 Å². The molecular weight excluding hydrogens is 424 g/mol. The van der Waals surface area contributed by atoms with Crippen molar-refractivity contribution in [2.75, 3.05) is 63.1 Å². The Morgan fingerprint density at radius 1 is 1.31 bits per heavy atom. The minimum Gasteiger partial charge on any atom is -0.490 e. The fourth-order valence-electron chi connectivity index (χ4n) is 3.93. The van der Waals surface area contributed by atoms with Crippen molar-refractivity contribution in [3.63, 3.8) is 0 Å². The highest BCUT2D eigenvalue weighted by molar-refractivity contribution is 7.99. The molecule has 1 aromatic carbocycles. The Bertz CT molecular complexity index is 913. The average molecular weight is 457 g/mol. The molecule has 3 heterocycles. The summed E-state index contributed by atoms with van der Waals surface area (Å²) in [6.45, 7) is 5.67. The highest BCUT2D eigenvalue weighted by Crippen LogP contribution is 2.35. The van der Waals surface area contributed by atoms with Gasteiger partial charge in [-0.15, -0.1) is 0 Å². The number of nitrogens with zero attached hydrogens (tertiary/aromatic N) is 3. The Hall–Kier alpha value is -2.33. The first-order chi connectivity index (χ1) is 15.6. The van der Waals surface area contributed by atoms with Crippen LogP contribution in [0, 0.1) is 0 Å². The van der Waals surface area contributed by atoms with Crippen molar-refractivity contribution in [1.29, 1.82) is 0 Å². The van der Waals surface area contributed by atoms with Gasteiger partial charge in [-0.2, -0.15) is 0 Å². The van der Waals surface area contributed by atoms with Gasteiger partial charge in [-0.05, 0) is 44.6 Å². The molecule has 9 heteroatoms. The van der Waals surface area contributed by atoms with Crippen LogP contribution in [-0.4, -0.2) is 74.8 Å². The fraction of sp³-hybridized carbons (Fsp3) is 0.478. The lowest BCUT2D eigenvalue weighted by Gasteiger charge is -2.34. The number of pyridine rings is 1. The van der Waals surface area contributed by atoms with Gasteiger partial charge in [-0.1, -0.05) is 17.8 Å². The van der Waals surface area contributed by atoms with Crippen molar-refractivity contribution < 1.29 is 9.53 Å². The zero-order valence-electron chi connectivity index (χ0n) is 18.5. The van der Waals surface area contributed by atoms with Crippen LogP contribution in [0.3, 0.4) is 0 Å². The molecule has 0 spiro atoms. The predicted molar refractivity (Wildman–Crippen MR) is 129 cm³/mol. The largest absolute Gasteiger partial charge is 0.490 e. The number of aromatic nitrogens is 1. The van der Waals surface area contributed by atoms with Crippen molar-refractivity contribution in [2.45, 2.75) is 28.8 Å². The molecule has 2 fully saturated rings. The first-order valence-corrected chi connectivity index (χ1v) is 12.0. The molecule has 32 heavy (non-hydrogen) atoms. The zero-order valence-corrected chi connectivity index (χ0v) is 19.4. The molecule has 1 atom stereocenters. The average Bonchev–Trinajstić information content (AvgIpc) is 3.32. The molecule has 8 nitrogen and oxygen atoms in total. The summed E-state index contributed by atoms with van der Waals surface area (Å²) in [6, 6.07) is 10.1. The van der Waals surface area contributed by atoms with E-state index in [2.05, 4.69) is 27.5 Å². The topological polar surface area (TPSA) is 95.8 Å². The summed E-state index contributed by atoms with van der Waals surface area (Å²) in [5.41, 5.74) is 7.19. The number of anilines is 2. The molecule has 1 aromatic heterocycles. The lowest BCUT2D eigenvalue weighted by atomic mass is 10.2. The zero-order chi connectivity index (χ0) is 22.3. The Morgan fingerprint density at radius 3 is 2.91 bits per heavy atom. The van der Waals surface area contributed by atoms with E-state index in [4.69, 9.17) is 15.5 Å². The molecule has 1 amide bonds. The predicted octanol–water partition coefficient (Wildman–Crippen LogP) is 2.01. The highest BCUT2D eigenvalue weighted by Gasteiger charge is 2.21. The molecule has 0 bridgehead atoms. The first-order valence-electron chi connectivity index (χ1n) is 11.2. The summed E-state index contributed by atoms with van der Waals surface area (Å²) in [5.74, 6) is 0.673. The van der Waals surface area contributed by atoms with E-state index in [1.54, 1.807) is 11.8 Å². The normalized spacial score (nSPS) is 19.2. The van der Waals surface area contributed by atoms with E-state index in [0.29, 0.717) is 12.6 Å². The summed E-state index contributed by atoms with van der Waals surface area (Å²) in [6.07, 6.45) is 4.29. The monoisotopic (exact) mass is 456 g/mol. The molecule has 1 unspecified atom stereocenters.